The van der Waals surface area contributed by atoms with Crippen molar-refractivity contribution in [2.75, 3.05) is 6.54 Å². The molecule has 0 radical (unpaired) electrons. The van der Waals surface area contributed by atoms with Crippen LogP contribution in [0.1, 0.15) is 40.0 Å². The summed E-state index contributed by atoms with van der Waals surface area (Å²) in [5.41, 5.74) is 4.20. The van der Waals surface area contributed by atoms with Crippen LogP contribution in [0.15, 0.2) is 47.6 Å². The Morgan fingerprint density at radius 1 is 1.47 bits per heavy atom. The van der Waals surface area contributed by atoms with Gasteiger partial charge in [-0.25, -0.2) is 5.01 Å². The third kappa shape index (κ3) is 3.07. The molecule has 0 saturated carbocycles. The zero-order valence-corrected chi connectivity index (χ0v) is 12.4. The van der Waals surface area contributed by atoms with Crippen LogP contribution in [0.5, 0.6) is 0 Å². The van der Waals surface area contributed by atoms with Gasteiger partial charge in [0.25, 0.3) is 0 Å². The first-order valence-electron chi connectivity index (χ1n) is 7.13. The Hall–Kier alpha value is -1.12. The second-order valence-electron chi connectivity index (χ2n) is 6.39. The smallest absolute Gasteiger partial charge is 0.0369 e. The summed E-state index contributed by atoms with van der Waals surface area (Å²) in [4.78, 5) is 0. The fourth-order valence-corrected chi connectivity index (χ4v) is 2.90. The van der Waals surface area contributed by atoms with Crippen molar-refractivity contribution in [2.45, 2.75) is 46.1 Å². The summed E-state index contributed by atoms with van der Waals surface area (Å²) in [6.45, 7) is 11.9. The van der Waals surface area contributed by atoms with E-state index in [1.165, 1.54) is 16.7 Å². The van der Waals surface area contributed by atoms with Gasteiger partial charge in [0.15, 0.2) is 0 Å². The fraction of sp³-hybridized carbons (Fsp3) is 0.529. The molecule has 104 valence electrons. The van der Waals surface area contributed by atoms with Gasteiger partial charge in [-0.15, -0.1) is 0 Å². The Bertz CT molecular complexity index is 452. The van der Waals surface area contributed by atoms with Crippen LogP contribution in [0.25, 0.3) is 0 Å². The number of piperidine rings is 1. The molecule has 1 fully saturated rings. The topological polar surface area (TPSA) is 29.3 Å². The molecule has 1 saturated heterocycles. The highest BCUT2D eigenvalue weighted by molar-refractivity contribution is 5.31. The zero-order chi connectivity index (χ0) is 14.0. The molecule has 2 N–H and O–H groups in total. The van der Waals surface area contributed by atoms with E-state index in [0.717, 1.165) is 25.8 Å². The normalized spacial score (nSPS) is 27.8. The first-order chi connectivity index (χ1) is 8.91. The lowest BCUT2D eigenvalue weighted by atomic mass is 9.71. The first kappa shape index (κ1) is 14.3. The molecule has 0 aromatic carbocycles. The predicted octanol–water partition coefficient (Wildman–Crippen LogP) is 3.74. The Morgan fingerprint density at radius 3 is 2.95 bits per heavy atom. The number of nitrogens with two attached hydrogens (primary N) is 1. The van der Waals surface area contributed by atoms with Crippen molar-refractivity contribution in [3.63, 3.8) is 0 Å². The molecule has 0 bridgehead atoms. The summed E-state index contributed by atoms with van der Waals surface area (Å²) in [5, 5.41) is 2.01. The minimum Gasteiger partial charge on any atom is -0.268 e. The van der Waals surface area contributed by atoms with Gasteiger partial charge in [0, 0.05) is 18.0 Å². The van der Waals surface area contributed by atoms with Gasteiger partial charge < -0.3 is 0 Å². The molecule has 1 heterocycles. The van der Waals surface area contributed by atoms with Crippen molar-refractivity contribution in [3.05, 3.63) is 47.6 Å². The van der Waals surface area contributed by atoms with E-state index in [9.17, 15) is 0 Å². The van der Waals surface area contributed by atoms with Crippen molar-refractivity contribution < 1.29 is 0 Å². The van der Waals surface area contributed by atoms with E-state index in [1.54, 1.807) is 0 Å². The third-order valence-corrected chi connectivity index (χ3v) is 4.62. The molecule has 0 spiro atoms. The number of allylic oxidation sites excluding steroid dienone is 5. The van der Waals surface area contributed by atoms with Crippen molar-refractivity contribution in [1.82, 2.24) is 5.01 Å². The van der Waals surface area contributed by atoms with Gasteiger partial charge in [0.1, 0.15) is 0 Å². The molecule has 0 aromatic rings. The lowest BCUT2D eigenvalue weighted by Gasteiger charge is -2.46. The highest BCUT2D eigenvalue weighted by atomic mass is 15.4. The highest BCUT2D eigenvalue weighted by Crippen LogP contribution is 2.40. The van der Waals surface area contributed by atoms with Gasteiger partial charge in [-0.05, 0) is 26.2 Å². The van der Waals surface area contributed by atoms with Crippen molar-refractivity contribution in [2.24, 2.45) is 11.3 Å². The van der Waals surface area contributed by atoms with Crippen LogP contribution in [-0.2, 0) is 0 Å². The largest absolute Gasteiger partial charge is 0.268 e. The summed E-state index contributed by atoms with van der Waals surface area (Å²) in [7, 11) is 0. The second kappa shape index (κ2) is 5.48. The molecule has 1 aliphatic heterocycles. The minimum atomic E-state index is 0.0798. The summed E-state index contributed by atoms with van der Waals surface area (Å²) < 4.78 is 0. The number of hydrogen-bond acceptors (Lipinski definition) is 2. The van der Waals surface area contributed by atoms with Crippen LogP contribution in [0, 0.1) is 5.41 Å². The maximum Gasteiger partial charge on any atom is 0.0369 e. The van der Waals surface area contributed by atoms with Crippen molar-refractivity contribution in [3.8, 4) is 0 Å². The molecule has 0 aromatic heterocycles. The van der Waals surface area contributed by atoms with Crippen molar-refractivity contribution >= 4 is 0 Å². The number of hydrazine groups is 1. The van der Waals surface area contributed by atoms with Crippen LogP contribution in [0.3, 0.4) is 0 Å². The Morgan fingerprint density at radius 2 is 2.21 bits per heavy atom. The molecule has 0 amide bonds. The first-order valence-corrected chi connectivity index (χ1v) is 7.13. The van der Waals surface area contributed by atoms with Crippen LogP contribution < -0.4 is 5.84 Å². The predicted molar refractivity (Wildman–Crippen MR) is 82.4 cm³/mol. The van der Waals surface area contributed by atoms with Gasteiger partial charge in [-0.1, -0.05) is 61.4 Å². The molecule has 2 heteroatoms. The molecule has 2 rings (SSSR count). The summed E-state index contributed by atoms with van der Waals surface area (Å²) >= 11 is 0. The van der Waals surface area contributed by atoms with E-state index >= 15 is 0 Å². The average molecular weight is 258 g/mol. The molecular weight excluding hydrogens is 232 g/mol. The standard InChI is InChI=1S/C17H26N2/c1-13-6-5-7-15(9-8-13)12-16-17(3,4)14(2)10-11-19(16)18/h5-7,9,16H,2,8,10-12,18H2,1,3-4H3/t16-/m1/s1. The van der Waals surface area contributed by atoms with E-state index < -0.39 is 0 Å². The lowest BCUT2D eigenvalue weighted by molar-refractivity contribution is 0.0802. The van der Waals surface area contributed by atoms with Crippen LogP contribution in [0.4, 0.5) is 0 Å². The Labute approximate surface area is 117 Å². The van der Waals surface area contributed by atoms with Crippen LogP contribution >= 0.6 is 0 Å². The van der Waals surface area contributed by atoms with E-state index in [2.05, 4.69) is 51.7 Å². The molecular formula is C17H26N2. The van der Waals surface area contributed by atoms with Crippen LogP contribution in [0.2, 0.25) is 0 Å². The molecule has 1 atom stereocenters. The van der Waals surface area contributed by atoms with E-state index in [0.29, 0.717) is 6.04 Å². The van der Waals surface area contributed by atoms with E-state index in [1.807, 2.05) is 5.01 Å². The number of rotatable bonds is 2. The SMILES string of the molecule is C=C1CCN(N)[C@H](CC2=CCC(C)=CC=C2)C1(C)C. The molecule has 1 aliphatic carbocycles. The molecule has 2 aliphatic rings. The van der Waals surface area contributed by atoms with E-state index in [-0.39, 0.29) is 5.41 Å². The maximum absolute atomic E-state index is 6.23. The minimum absolute atomic E-state index is 0.0798. The Kier molecular flexibility index (Phi) is 4.12. The summed E-state index contributed by atoms with van der Waals surface area (Å²) in [6.07, 6.45) is 11.9. The van der Waals surface area contributed by atoms with Crippen LogP contribution in [-0.4, -0.2) is 17.6 Å². The molecule has 0 unspecified atom stereocenters. The summed E-state index contributed by atoms with van der Waals surface area (Å²) in [5.74, 6) is 6.23. The van der Waals surface area contributed by atoms with Gasteiger partial charge in [-0.2, -0.15) is 0 Å². The fourth-order valence-electron chi connectivity index (χ4n) is 2.90. The van der Waals surface area contributed by atoms with E-state index in [4.69, 9.17) is 5.84 Å². The quantitative estimate of drug-likeness (QED) is 0.604. The monoisotopic (exact) mass is 258 g/mol. The zero-order valence-electron chi connectivity index (χ0n) is 12.4. The lowest BCUT2D eigenvalue weighted by Crippen LogP contribution is -2.54. The number of hydrogen-bond donors (Lipinski definition) is 1. The van der Waals surface area contributed by atoms with Gasteiger partial charge in [0.2, 0.25) is 0 Å². The molecule has 19 heavy (non-hydrogen) atoms. The molecule has 2 nitrogen and oxygen atoms in total. The number of nitrogens with zero attached hydrogens (tertiary/aromatic N) is 1. The second-order valence-corrected chi connectivity index (χ2v) is 6.39. The third-order valence-electron chi connectivity index (χ3n) is 4.62. The van der Waals surface area contributed by atoms with Gasteiger partial charge in [-0.3, -0.25) is 5.84 Å². The summed E-state index contributed by atoms with van der Waals surface area (Å²) in [6, 6.07) is 0.336. The van der Waals surface area contributed by atoms with Crippen molar-refractivity contribution in [1.29, 1.82) is 0 Å². The maximum atomic E-state index is 6.23. The Balaban J connectivity index is 2.15. The van der Waals surface area contributed by atoms with Gasteiger partial charge >= 0.3 is 0 Å². The average Bonchev–Trinajstić information content (AvgIpc) is 2.55. The van der Waals surface area contributed by atoms with Gasteiger partial charge in [0.05, 0.1) is 0 Å². The highest BCUT2D eigenvalue weighted by Gasteiger charge is 2.38.